The average Bonchev–Trinajstić information content (AvgIpc) is 2.75. The van der Waals surface area contributed by atoms with E-state index in [1.165, 1.54) is 25.7 Å². The van der Waals surface area contributed by atoms with E-state index in [1.54, 1.807) is 6.33 Å². The maximum absolute atomic E-state index is 4.33. The highest BCUT2D eigenvalue weighted by atomic mass is 15.3. The van der Waals surface area contributed by atoms with Gasteiger partial charge in [0.15, 0.2) is 0 Å². The SMILES string of the molecule is CCCn1ncnc1CNC1CCCC(C)C1. The summed E-state index contributed by atoms with van der Waals surface area (Å²) in [6.45, 7) is 6.35. The zero-order chi connectivity index (χ0) is 12.1. The third-order valence-electron chi connectivity index (χ3n) is 3.62. The van der Waals surface area contributed by atoms with Crippen molar-refractivity contribution < 1.29 is 0 Å². The molecule has 4 heteroatoms. The summed E-state index contributed by atoms with van der Waals surface area (Å²) in [7, 11) is 0. The molecule has 1 saturated carbocycles. The molecule has 1 heterocycles. The maximum atomic E-state index is 4.33. The monoisotopic (exact) mass is 236 g/mol. The van der Waals surface area contributed by atoms with Crippen LogP contribution in [0.2, 0.25) is 0 Å². The molecule has 17 heavy (non-hydrogen) atoms. The van der Waals surface area contributed by atoms with Crippen molar-refractivity contribution in [1.82, 2.24) is 20.1 Å². The minimum atomic E-state index is 0.672. The van der Waals surface area contributed by atoms with Crippen molar-refractivity contribution in [2.45, 2.75) is 65.1 Å². The molecule has 0 saturated heterocycles. The molecule has 1 fully saturated rings. The Morgan fingerprint density at radius 3 is 3.12 bits per heavy atom. The van der Waals surface area contributed by atoms with Gasteiger partial charge in [-0.15, -0.1) is 0 Å². The summed E-state index contributed by atoms with van der Waals surface area (Å²) >= 11 is 0. The Bertz CT molecular complexity index is 334. The molecule has 4 nitrogen and oxygen atoms in total. The maximum Gasteiger partial charge on any atom is 0.140 e. The van der Waals surface area contributed by atoms with Crippen LogP contribution in [0.1, 0.15) is 51.8 Å². The molecular formula is C13H24N4. The van der Waals surface area contributed by atoms with Gasteiger partial charge >= 0.3 is 0 Å². The van der Waals surface area contributed by atoms with Crippen molar-refractivity contribution in [1.29, 1.82) is 0 Å². The van der Waals surface area contributed by atoms with E-state index in [-0.39, 0.29) is 0 Å². The summed E-state index contributed by atoms with van der Waals surface area (Å²) in [4.78, 5) is 4.33. The van der Waals surface area contributed by atoms with Crippen molar-refractivity contribution in [2.24, 2.45) is 5.92 Å². The molecule has 1 aliphatic carbocycles. The molecule has 0 aromatic carbocycles. The molecule has 0 aliphatic heterocycles. The second-order valence-corrected chi connectivity index (χ2v) is 5.25. The van der Waals surface area contributed by atoms with Gasteiger partial charge in [-0.25, -0.2) is 9.67 Å². The zero-order valence-electron chi connectivity index (χ0n) is 11.0. The Kier molecular flexibility index (Phi) is 4.54. The van der Waals surface area contributed by atoms with Gasteiger partial charge in [0.25, 0.3) is 0 Å². The average molecular weight is 236 g/mol. The van der Waals surface area contributed by atoms with E-state index in [2.05, 4.69) is 29.2 Å². The van der Waals surface area contributed by atoms with Gasteiger partial charge < -0.3 is 5.32 Å². The summed E-state index contributed by atoms with van der Waals surface area (Å²) in [6.07, 6.45) is 8.14. The van der Waals surface area contributed by atoms with E-state index in [0.717, 1.165) is 31.3 Å². The second-order valence-electron chi connectivity index (χ2n) is 5.25. The van der Waals surface area contributed by atoms with Crippen LogP contribution in [0.3, 0.4) is 0 Å². The Morgan fingerprint density at radius 2 is 2.35 bits per heavy atom. The van der Waals surface area contributed by atoms with E-state index >= 15 is 0 Å². The van der Waals surface area contributed by atoms with Crippen LogP contribution in [-0.2, 0) is 13.1 Å². The van der Waals surface area contributed by atoms with Crippen LogP contribution in [-0.4, -0.2) is 20.8 Å². The summed E-state index contributed by atoms with van der Waals surface area (Å²) in [5.74, 6) is 1.94. The standard InChI is InChI=1S/C13H24N4/c1-3-7-17-13(15-10-16-17)9-14-12-6-4-5-11(2)8-12/h10-12,14H,3-9H2,1-2H3. The van der Waals surface area contributed by atoms with E-state index in [1.807, 2.05) is 4.68 Å². The number of hydrogen-bond acceptors (Lipinski definition) is 3. The summed E-state index contributed by atoms with van der Waals surface area (Å²) in [6, 6.07) is 0.672. The molecule has 1 aromatic heterocycles. The number of aryl methyl sites for hydroxylation is 1. The van der Waals surface area contributed by atoms with Crippen molar-refractivity contribution >= 4 is 0 Å². The molecule has 0 radical (unpaired) electrons. The van der Waals surface area contributed by atoms with Gasteiger partial charge in [0.05, 0.1) is 6.54 Å². The van der Waals surface area contributed by atoms with Gasteiger partial charge in [-0.3, -0.25) is 0 Å². The molecule has 1 aromatic rings. The van der Waals surface area contributed by atoms with Crippen LogP contribution in [0, 0.1) is 5.92 Å². The van der Waals surface area contributed by atoms with E-state index in [4.69, 9.17) is 0 Å². The van der Waals surface area contributed by atoms with Gasteiger partial charge in [-0.05, 0) is 25.2 Å². The predicted molar refractivity (Wildman–Crippen MR) is 68.6 cm³/mol. The van der Waals surface area contributed by atoms with Crippen LogP contribution in [0.25, 0.3) is 0 Å². The normalized spacial score (nSPS) is 25.1. The smallest absolute Gasteiger partial charge is 0.140 e. The van der Waals surface area contributed by atoms with Crippen molar-refractivity contribution in [3.63, 3.8) is 0 Å². The quantitative estimate of drug-likeness (QED) is 0.853. The first-order chi connectivity index (χ1) is 8.29. The van der Waals surface area contributed by atoms with Crippen LogP contribution >= 0.6 is 0 Å². The zero-order valence-corrected chi connectivity index (χ0v) is 11.0. The van der Waals surface area contributed by atoms with Crippen molar-refractivity contribution in [3.05, 3.63) is 12.2 Å². The van der Waals surface area contributed by atoms with Gasteiger partial charge in [0, 0.05) is 12.6 Å². The lowest BCUT2D eigenvalue weighted by atomic mass is 9.87. The Labute approximate surface area is 104 Å². The fourth-order valence-electron chi connectivity index (χ4n) is 2.68. The fourth-order valence-corrected chi connectivity index (χ4v) is 2.68. The van der Waals surface area contributed by atoms with E-state index < -0.39 is 0 Å². The lowest BCUT2D eigenvalue weighted by Crippen LogP contribution is -2.33. The number of hydrogen-bond donors (Lipinski definition) is 1. The molecule has 0 amide bonds. The second kappa shape index (κ2) is 6.15. The largest absolute Gasteiger partial charge is 0.307 e. The number of nitrogens with zero attached hydrogens (tertiary/aromatic N) is 3. The van der Waals surface area contributed by atoms with Gasteiger partial charge in [0.2, 0.25) is 0 Å². The highest BCUT2D eigenvalue weighted by Gasteiger charge is 2.18. The third kappa shape index (κ3) is 3.53. The predicted octanol–water partition coefficient (Wildman–Crippen LogP) is 2.36. The first kappa shape index (κ1) is 12.6. The Morgan fingerprint density at radius 1 is 1.47 bits per heavy atom. The highest BCUT2D eigenvalue weighted by molar-refractivity contribution is 4.86. The Hall–Kier alpha value is -0.900. The summed E-state index contributed by atoms with van der Waals surface area (Å²) < 4.78 is 2.01. The van der Waals surface area contributed by atoms with Crippen LogP contribution < -0.4 is 5.32 Å². The lowest BCUT2D eigenvalue weighted by molar-refractivity contribution is 0.297. The van der Waals surface area contributed by atoms with E-state index in [9.17, 15) is 0 Å². The minimum absolute atomic E-state index is 0.672. The topological polar surface area (TPSA) is 42.7 Å². The Balaban J connectivity index is 1.82. The molecular weight excluding hydrogens is 212 g/mol. The number of rotatable bonds is 5. The minimum Gasteiger partial charge on any atom is -0.307 e. The van der Waals surface area contributed by atoms with Crippen molar-refractivity contribution in [3.8, 4) is 0 Å². The molecule has 96 valence electrons. The molecule has 2 rings (SSSR count). The first-order valence-electron chi connectivity index (χ1n) is 6.89. The number of nitrogens with one attached hydrogen (secondary N) is 1. The first-order valence-corrected chi connectivity index (χ1v) is 6.89. The lowest BCUT2D eigenvalue weighted by Gasteiger charge is -2.27. The third-order valence-corrected chi connectivity index (χ3v) is 3.62. The number of aromatic nitrogens is 3. The molecule has 1 N–H and O–H groups in total. The van der Waals surface area contributed by atoms with Crippen LogP contribution in [0.4, 0.5) is 0 Å². The molecule has 1 aliphatic rings. The van der Waals surface area contributed by atoms with Gasteiger partial charge in [0.1, 0.15) is 12.2 Å². The fraction of sp³-hybridized carbons (Fsp3) is 0.846. The molecule has 0 spiro atoms. The van der Waals surface area contributed by atoms with Crippen LogP contribution in [0.5, 0.6) is 0 Å². The molecule has 0 bridgehead atoms. The molecule has 2 atom stereocenters. The summed E-state index contributed by atoms with van der Waals surface area (Å²) in [5.41, 5.74) is 0. The van der Waals surface area contributed by atoms with Gasteiger partial charge in [-0.2, -0.15) is 5.10 Å². The van der Waals surface area contributed by atoms with Crippen molar-refractivity contribution in [2.75, 3.05) is 0 Å². The van der Waals surface area contributed by atoms with E-state index in [0.29, 0.717) is 6.04 Å². The van der Waals surface area contributed by atoms with Gasteiger partial charge in [-0.1, -0.05) is 26.7 Å². The van der Waals surface area contributed by atoms with Crippen LogP contribution in [0.15, 0.2) is 6.33 Å². The summed E-state index contributed by atoms with van der Waals surface area (Å²) in [5, 5.41) is 7.88. The molecule has 2 unspecified atom stereocenters. The highest BCUT2D eigenvalue weighted by Crippen LogP contribution is 2.23.